The van der Waals surface area contributed by atoms with Crippen molar-refractivity contribution in [1.29, 1.82) is 0 Å². The number of unbranched alkanes of at least 4 members (excludes halogenated alkanes) is 14. The molecular formula is C18H37NaO3. The van der Waals surface area contributed by atoms with E-state index in [2.05, 4.69) is 11.8 Å². The van der Waals surface area contributed by atoms with Gasteiger partial charge in [-0.15, -0.1) is 0 Å². The SMILES string of the molecule is CCCCCCCCCCCCCCCCCC(=O)OO.[NaH]. The summed E-state index contributed by atoms with van der Waals surface area (Å²) in [4.78, 5) is 14.3. The number of hydrogen-bond donors (Lipinski definition) is 1. The molecule has 0 aromatic rings. The van der Waals surface area contributed by atoms with Crippen LogP contribution in [0.1, 0.15) is 110 Å². The molecule has 0 aliphatic rings. The molecule has 0 bridgehead atoms. The van der Waals surface area contributed by atoms with Crippen LogP contribution in [0.15, 0.2) is 0 Å². The molecule has 3 nitrogen and oxygen atoms in total. The summed E-state index contributed by atoms with van der Waals surface area (Å²) >= 11 is 0. The first-order valence-electron chi connectivity index (χ1n) is 9.15. The van der Waals surface area contributed by atoms with Gasteiger partial charge in [0.2, 0.25) is 0 Å². The van der Waals surface area contributed by atoms with E-state index in [1.807, 2.05) is 0 Å². The molecule has 0 spiro atoms. The van der Waals surface area contributed by atoms with Gasteiger partial charge >= 0.3 is 35.5 Å². The van der Waals surface area contributed by atoms with Gasteiger partial charge in [0.1, 0.15) is 0 Å². The van der Waals surface area contributed by atoms with Crippen molar-refractivity contribution in [2.75, 3.05) is 0 Å². The zero-order valence-electron chi connectivity index (χ0n) is 14.1. The molecule has 128 valence electrons. The number of carbonyl (C=O) groups excluding carboxylic acids is 1. The van der Waals surface area contributed by atoms with Crippen molar-refractivity contribution in [3.05, 3.63) is 0 Å². The first kappa shape index (κ1) is 24.7. The number of rotatable bonds is 16. The van der Waals surface area contributed by atoms with E-state index < -0.39 is 5.97 Å². The van der Waals surface area contributed by atoms with Crippen LogP contribution in [-0.2, 0) is 9.68 Å². The molecule has 0 aliphatic carbocycles. The first-order chi connectivity index (χ1) is 10.3. The van der Waals surface area contributed by atoms with Gasteiger partial charge in [0.05, 0.1) is 0 Å². The molecule has 22 heavy (non-hydrogen) atoms. The molecule has 0 aromatic carbocycles. The molecule has 0 unspecified atom stereocenters. The fourth-order valence-electron chi connectivity index (χ4n) is 2.69. The van der Waals surface area contributed by atoms with E-state index in [0.717, 1.165) is 12.8 Å². The van der Waals surface area contributed by atoms with Crippen LogP contribution in [-0.4, -0.2) is 40.8 Å². The molecular weight excluding hydrogens is 287 g/mol. The Hall–Kier alpha value is 0.430. The average Bonchev–Trinajstić information content (AvgIpc) is 2.50. The molecule has 0 rings (SSSR count). The second-order valence-electron chi connectivity index (χ2n) is 6.16. The fourth-order valence-corrected chi connectivity index (χ4v) is 2.69. The average molecular weight is 324 g/mol. The Morgan fingerprint density at radius 1 is 0.682 bits per heavy atom. The summed E-state index contributed by atoms with van der Waals surface area (Å²) in [6, 6.07) is 0. The Morgan fingerprint density at radius 2 is 1.00 bits per heavy atom. The van der Waals surface area contributed by atoms with Crippen LogP contribution in [0.25, 0.3) is 0 Å². The topological polar surface area (TPSA) is 46.5 Å². The molecule has 0 fully saturated rings. The molecule has 0 saturated carbocycles. The normalized spacial score (nSPS) is 10.3. The quantitative estimate of drug-likeness (QED) is 0.173. The van der Waals surface area contributed by atoms with E-state index in [0.29, 0.717) is 6.42 Å². The van der Waals surface area contributed by atoms with E-state index in [4.69, 9.17) is 5.26 Å². The molecule has 0 heterocycles. The Labute approximate surface area is 159 Å². The van der Waals surface area contributed by atoms with Crippen molar-refractivity contribution < 1.29 is 14.9 Å². The minimum absolute atomic E-state index is 0. The summed E-state index contributed by atoms with van der Waals surface area (Å²) < 4.78 is 0. The van der Waals surface area contributed by atoms with Gasteiger partial charge in [0, 0.05) is 6.42 Å². The minimum atomic E-state index is -0.510. The van der Waals surface area contributed by atoms with Crippen molar-refractivity contribution in [3.63, 3.8) is 0 Å². The van der Waals surface area contributed by atoms with Gasteiger partial charge in [0.25, 0.3) is 0 Å². The van der Waals surface area contributed by atoms with Crippen molar-refractivity contribution in [2.45, 2.75) is 110 Å². The maximum atomic E-state index is 10.7. The first-order valence-corrected chi connectivity index (χ1v) is 9.15. The zero-order valence-corrected chi connectivity index (χ0v) is 14.1. The van der Waals surface area contributed by atoms with E-state index in [1.165, 1.54) is 83.5 Å². The van der Waals surface area contributed by atoms with Crippen molar-refractivity contribution >= 4 is 35.5 Å². The Bertz CT molecular complexity index is 222. The van der Waals surface area contributed by atoms with Gasteiger partial charge in [-0.3, -0.25) is 0 Å². The third-order valence-corrected chi connectivity index (χ3v) is 4.09. The van der Waals surface area contributed by atoms with Crippen LogP contribution >= 0.6 is 0 Å². The molecule has 0 amide bonds. The van der Waals surface area contributed by atoms with Crippen LogP contribution < -0.4 is 0 Å². The summed E-state index contributed by atoms with van der Waals surface area (Å²) in [7, 11) is 0. The second-order valence-corrected chi connectivity index (χ2v) is 6.16. The Kier molecular flexibility index (Phi) is 24.0. The Morgan fingerprint density at radius 3 is 1.32 bits per heavy atom. The monoisotopic (exact) mass is 324 g/mol. The van der Waals surface area contributed by atoms with Crippen LogP contribution in [0.3, 0.4) is 0 Å². The van der Waals surface area contributed by atoms with Gasteiger partial charge < -0.3 is 4.89 Å². The summed E-state index contributed by atoms with van der Waals surface area (Å²) in [5.74, 6) is -0.510. The molecule has 0 aliphatic heterocycles. The molecule has 0 saturated heterocycles. The van der Waals surface area contributed by atoms with Crippen molar-refractivity contribution in [3.8, 4) is 0 Å². The van der Waals surface area contributed by atoms with Gasteiger partial charge in [-0.25, -0.2) is 4.79 Å². The summed E-state index contributed by atoms with van der Waals surface area (Å²) in [6.45, 7) is 2.27. The third kappa shape index (κ3) is 20.4. The summed E-state index contributed by atoms with van der Waals surface area (Å²) in [6.07, 6.45) is 20.0. The second kappa shape index (κ2) is 21.4. The predicted molar refractivity (Wildman–Crippen MR) is 95.4 cm³/mol. The third-order valence-electron chi connectivity index (χ3n) is 4.09. The Balaban J connectivity index is 0. The molecule has 0 radical (unpaired) electrons. The van der Waals surface area contributed by atoms with E-state index in [-0.39, 0.29) is 29.6 Å². The molecule has 1 N–H and O–H groups in total. The molecule has 0 aromatic heterocycles. The van der Waals surface area contributed by atoms with Crippen molar-refractivity contribution in [1.82, 2.24) is 0 Å². The zero-order chi connectivity index (χ0) is 15.6. The van der Waals surface area contributed by atoms with Crippen molar-refractivity contribution in [2.24, 2.45) is 0 Å². The van der Waals surface area contributed by atoms with Crippen LogP contribution in [0, 0.1) is 0 Å². The maximum absolute atomic E-state index is 10.7. The van der Waals surface area contributed by atoms with Gasteiger partial charge in [-0.05, 0) is 6.42 Å². The number of hydrogen-bond acceptors (Lipinski definition) is 3. The van der Waals surface area contributed by atoms with Gasteiger partial charge in [0.15, 0.2) is 0 Å². The van der Waals surface area contributed by atoms with Gasteiger partial charge in [-0.1, -0.05) is 96.8 Å². The summed E-state index contributed by atoms with van der Waals surface area (Å²) in [5.41, 5.74) is 0. The van der Waals surface area contributed by atoms with E-state index in [1.54, 1.807) is 0 Å². The van der Waals surface area contributed by atoms with Crippen LogP contribution in [0.5, 0.6) is 0 Å². The molecule has 0 atom stereocenters. The predicted octanol–water partition coefficient (Wildman–Crippen LogP) is 5.62. The standard InChI is InChI=1S/C18H36O3.Na.H/c1-2-3-4-5-6-7-8-9-10-11-12-13-14-15-16-17-18(19)21-20;;/h20H,2-17H2,1H3;;. The van der Waals surface area contributed by atoms with E-state index >= 15 is 0 Å². The summed E-state index contributed by atoms with van der Waals surface area (Å²) in [5, 5.41) is 8.10. The van der Waals surface area contributed by atoms with Crippen LogP contribution in [0.4, 0.5) is 0 Å². The van der Waals surface area contributed by atoms with E-state index in [9.17, 15) is 4.79 Å². The van der Waals surface area contributed by atoms with Crippen LogP contribution in [0.2, 0.25) is 0 Å². The fraction of sp³-hybridized carbons (Fsp3) is 0.944. The number of carbonyl (C=O) groups is 1. The van der Waals surface area contributed by atoms with Gasteiger partial charge in [-0.2, -0.15) is 5.26 Å². The molecule has 4 heteroatoms.